The zero-order chi connectivity index (χ0) is 14.4. The number of ether oxygens (including phenoxy) is 3. The normalized spacial score (nSPS) is 10.2. The van der Waals surface area contributed by atoms with E-state index in [-0.39, 0.29) is 0 Å². The minimum atomic E-state index is 0.665. The summed E-state index contributed by atoms with van der Waals surface area (Å²) in [6.07, 6.45) is 0. The lowest BCUT2D eigenvalue weighted by Crippen LogP contribution is -1.94. The number of hydrogen-bond acceptors (Lipinski definition) is 3. The van der Waals surface area contributed by atoms with Crippen LogP contribution in [0.4, 0.5) is 0 Å². The molecule has 106 valence electrons. The predicted octanol–water partition coefficient (Wildman–Crippen LogP) is 4.58. The van der Waals surface area contributed by atoms with Gasteiger partial charge in [0, 0.05) is 0 Å². The lowest BCUT2D eigenvalue weighted by molar-refractivity contribution is 0.339. The second-order valence-corrected chi connectivity index (χ2v) is 4.37. The van der Waals surface area contributed by atoms with Gasteiger partial charge >= 0.3 is 0 Å². The number of rotatable bonds is 6. The predicted molar refractivity (Wildman–Crippen MR) is 80.0 cm³/mol. The Kier molecular flexibility index (Phi) is 4.88. The van der Waals surface area contributed by atoms with Crippen LogP contribution in [0, 0.1) is 6.92 Å². The quantitative estimate of drug-likeness (QED) is 0.770. The summed E-state index contributed by atoms with van der Waals surface area (Å²) in [4.78, 5) is 0. The van der Waals surface area contributed by atoms with E-state index < -0.39 is 0 Å². The van der Waals surface area contributed by atoms with Crippen molar-refractivity contribution in [2.24, 2.45) is 0 Å². The van der Waals surface area contributed by atoms with Crippen molar-refractivity contribution in [1.29, 1.82) is 0 Å². The largest absolute Gasteiger partial charge is 0.494 e. The fraction of sp³-hybridized carbons (Fsp3) is 0.294. The molecule has 0 bridgehead atoms. The average Bonchev–Trinajstić information content (AvgIpc) is 2.44. The third-order valence-electron chi connectivity index (χ3n) is 2.82. The zero-order valence-electron chi connectivity index (χ0n) is 12.2. The molecular formula is C17H20O3. The maximum Gasteiger partial charge on any atom is 0.130 e. The smallest absolute Gasteiger partial charge is 0.130 e. The fourth-order valence-electron chi connectivity index (χ4n) is 1.89. The molecule has 0 heterocycles. The van der Waals surface area contributed by atoms with E-state index in [4.69, 9.17) is 14.2 Å². The summed E-state index contributed by atoms with van der Waals surface area (Å²) in [5.41, 5.74) is 1.05. The molecule has 2 aromatic rings. The third kappa shape index (κ3) is 3.67. The highest BCUT2D eigenvalue weighted by Gasteiger charge is 2.04. The van der Waals surface area contributed by atoms with Gasteiger partial charge in [-0.2, -0.15) is 0 Å². The summed E-state index contributed by atoms with van der Waals surface area (Å²) in [5, 5.41) is 0. The van der Waals surface area contributed by atoms with Gasteiger partial charge in [0.15, 0.2) is 0 Å². The van der Waals surface area contributed by atoms with Gasteiger partial charge in [-0.15, -0.1) is 0 Å². The van der Waals surface area contributed by atoms with E-state index in [0.717, 1.165) is 28.6 Å². The Hall–Kier alpha value is -2.16. The van der Waals surface area contributed by atoms with Gasteiger partial charge < -0.3 is 14.2 Å². The highest BCUT2D eigenvalue weighted by molar-refractivity contribution is 5.42. The third-order valence-corrected chi connectivity index (χ3v) is 2.82. The summed E-state index contributed by atoms with van der Waals surface area (Å²) in [6, 6.07) is 13.4. The van der Waals surface area contributed by atoms with Crippen molar-refractivity contribution in [3.63, 3.8) is 0 Å². The SMILES string of the molecule is CCOc1ccc(Oc2ccc(OCC)cc2C)cc1. The van der Waals surface area contributed by atoms with Crippen LogP contribution >= 0.6 is 0 Å². The zero-order valence-corrected chi connectivity index (χ0v) is 12.2. The van der Waals surface area contributed by atoms with E-state index in [1.165, 1.54) is 0 Å². The Balaban J connectivity index is 2.09. The Morgan fingerprint density at radius 2 is 1.30 bits per heavy atom. The first-order valence-electron chi connectivity index (χ1n) is 6.87. The van der Waals surface area contributed by atoms with Gasteiger partial charge in [-0.3, -0.25) is 0 Å². The summed E-state index contributed by atoms with van der Waals surface area (Å²) in [7, 11) is 0. The van der Waals surface area contributed by atoms with Crippen molar-refractivity contribution in [3.05, 3.63) is 48.0 Å². The minimum absolute atomic E-state index is 0.665. The summed E-state index contributed by atoms with van der Waals surface area (Å²) in [6.45, 7) is 7.27. The molecular weight excluding hydrogens is 252 g/mol. The molecule has 0 amide bonds. The molecule has 0 radical (unpaired) electrons. The van der Waals surface area contributed by atoms with Crippen LogP contribution in [0.1, 0.15) is 19.4 Å². The van der Waals surface area contributed by atoms with E-state index in [1.54, 1.807) is 0 Å². The molecule has 0 unspecified atom stereocenters. The monoisotopic (exact) mass is 272 g/mol. The molecule has 20 heavy (non-hydrogen) atoms. The summed E-state index contributed by atoms with van der Waals surface area (Å²) < 4.78 is 16.7. The highest BCUT2D eigenvalue weighted by Crippen LogP contribution is 2.29. The maximum atomic E-state index is 5.86. The van der Waals surface area contributed by atoms with Crippen LogP contribution in [0.2, 0.25) is 0 Å². The van der Waals surface area contributed by atoms with Crippen molar-refractivity contribution >= 4 is 0 Å². The molecule has 2 aromatic carbocycles. The highest BCUT2D eigenvalue weighted by atomic mass is 16.5. The van der Waals surface area contributed by atoms with E-state index in [1.807, 2.05) is 63.2 Å². The summed E-state index contributed by atoms with van der Waals surface area (Å²) in [5.74, 6) is 3.34. The Morgan fingerprint density at radius 1 is 0.750 bits per heavy atom. The van der Waals surface area contributed by atoms with Gasteiger partial charge in [-0.1, -0.05) is 0 Å². The van der Waals surface area contributed by atoms with Crippen molar-refractivity contribution < 1.29 is 14.2 Å². The van der Waals surface area contributed by atoms with Crippen LogP contribution in [0.3, 0.4) is 0 Å². The second kappa shape index (κ2) is 6.85. The van der Waals surface area contributed by atoms with Crippen LogP contribution in [0.25, 0.3) is 0 Å². The molecule has 0 aliphatic heterocycles. The Morgan fingerprint density at radius 3 is 1.90 bits per heavy atom. The van der Waals surface area contributed by atoms with Crippen LogP contribution in [0.15, 0.2) is 42.5 Å². The molecule has 0 aliphatic rings. The van der Waals surface area contributed by atoms with Gasteiger partial charge in [0.2, 0.25) is 0 Å². The first-order chi connectivity index (χ1) is 9.72. The van der Waals surface area contributed by atoms with E-state index in [2.05, 4.69) is 0 Å². The molecule has 0 aromatic heterocycles. The number of hydrogen-bond donors (Lipinski definition) is 0. The first-order valence-corrected chi connectivity index (χ1v) is 6.87. The fourth-order valence-corrected chi connectivity index (χ4v) is 1.89. The van der Waals surface area contributed by atoms with E-state index in [9.17, 15) is 0 Å². The van der Waals surface area contributed by atoms with Crippen LogP contribution in [0.5, 0.6) is 23.0 Å². The van der Waals surface area contributed by atoms with Gasteiger partial charge in [0.25, 0.3) is 0 Å². The standard InChI is InChI=1S/C17H20O3/c1-4-18-14-6-8-15(9-7-14)20-17-11-10-16(19-5-2)12-13(17)3/h6-12H,4-5H2,1-3H3. The first kappa shape index (κ1) is 14.3. The Labute approximate surface area is 120 Å². The van der Waals surface area contributed by atoms with Crippen LogP contribution in [-0.4, -0.2) is 13.2 Å². The topological polar surface area (TPSA) is 27.7 Å². The molecule has 0 spiro atoms. The molecule has 0 N–H and O–H groups in total. The van der Waals surface area contributed by atoms with Gasteiger partial charge in [0.05, 0.1) is 13.2 Å². The average molecular weight is 272 g/mol. The lowest BCUT2D eigenvalue weighted by Gasteiger charge is -2.11. The van der Waals surface area contributed by atoms with Crippen molar-refractivity contribution in [1.82, 2.24) is 0 Å². The van der Waals surface area contributed by atoms with E-state index >= 15 is 0 Å². The minimum Gasteiger partial charge on any atom is -0.494 e. The molecule has 0 atom stereocenters. The second-order valence-electron chi connectivity index (χ2n) is 4.37. The number of aryl methyl sites for hydroxylation is 1. The molecule has 0 aliphatic carbocycles. The lowest BCUT2D eigenvalue weighted by atomic mass is 10.2. The van der Waals surface area contributed by atoms with Crippen molar-refractivity contribution in [2.45, 2.75) is 20.8 Å². The van der Waals surface area contributed by atoms with Crippen molar-refractivity contribution in [2.75, 3.05) is 13.2 Å². The van der Waals surface area contributed by atoms with E-state index in [0.29, 0.717) is 13.2 Å². The number of benzene rings is 2. The summed E-state index contributed by atoms with van der Waals surface area (Å²) >= 11 is 0. The van der Waals surface area contributed by atoms with Gasteiger partial charge in [0.1, 0.15) is 23.0 Å². The Bertz CT molecular complexity index is 547. The molecule has 0 saturated carbocycles. The molecule has 0 fully saturated rings. The molecule has 2 rings (SSSR count). The molecule has 3 heteroatoms. The van der Waals surface area contributed by atoms with Crippen LogP contribution in [-0.2, 0) is 0 Å². The van der Waals surface area contributed by atoms with Crippen molar-refractivity contribution in [3.8, 4) is 23.0 Å². The van der Waals surface area contributed by atoms with Gasteiger partial charge in [-0.25, -0.2) is 0 Å². The molecule has 3 nitrogen and oxygen atoms in total. The maximum absolute atomic E-state index is 5.86. The van der Waals surface area contributed by atoms with Crippen LogP contribution < -0.4 is 14.2 Å². The van der Waals surface area contributed by atoms with Gasteiger partial charge in [-0.05, 0) is 68.8 Å². The molecule has 0 saturated heterocycles.